The molecule has 0 saturated carbocycles. The molecule has 0 radical (unpaired) electrons. The van der Waals surface area contributed by atoms with Crippen LogP contribution in [0.1, 0.15) is 18.1 Å². The van der Waals surface area contributed by atoms with E-state index < -0.39 is 34.3 Å². The van der Waals surface area contributed by atoms with Crippen LogP contribution >= 0.6 is 11.6 Å². The zero-order chi connectivity index (χ0) is 27.0. The second-order valence-electron chi connectivity index (χ2n) is 8.49. The summed E-state index contributed by atoms with van der Waals surface area (Å²) in [5.74, 6) is -1.48. The topological polar surface area (TPSA) is 86.8 Å². The molecule has 10 heteroatoms. The van der Waals surface area contributed by atoms with Crippen LogP contribution in [0.3, 0.4) is 0 Å². The number of nitrogens with zero attached hydrogens (tertiary/aromatic N) is 2. The summed E-state index contributed by atoms with van der Waals surface area (Å²) in [4.78, 5) is 28.4. The van der Waals surface area contributed by atoms with Gasteiger partial charge in [-0.15, -0.1) is 0 Å². The summed E-state index contributed by atoms with van der Waals surface area (Å²) in [5, 5.41) is 3.31. The van der Waals surface area contributed by atoms with E-state index in [0.717, 1.165) is 28.3 Å². The third-order valence-electron chi connectivity index (χ3n) is 5.68. The van der Waals surface area contributed by atoms with Gasteiger partial charge in [0.05, 0.1) is 11.9 Å². The molecule has 2 amide bonds. The highest BCUT2D eigenvalue weighted by atomic mass is 35.5. The number of likely N-dealkylation sites (N-methyl/N-ethyl adjacent to an activating group) is 1. The van der Waals surface area contributed by atoms with E-state index in [2.05, 4.69) is 5.32 Å². The number of hydrogen-bond donors (Lipinski definition) is 1. The van der Waals surface area contributed by atoms with Crippen molar-refractivity contribution in [2.45, 2.75) is 25.9 Å². The Bertz CT molecular complexity index is 1300. The first-order valence-electron chi connectivity index (χ1n) is 11.7. The fourth-order valence-corrected chi connectivity index (χ4v) is 4.83. The largest absolute Gasteiger partial charge is 0.355 e. The number of halogens is 2. The van der Waals surface area contributed by atoms with Crippen molar-refractivity contribution in [1.82, 2.24) is 10.2 Å². The number of carbonyl (C=O) groups is 2. The first-order chi connectivity index (χ1) is 17.6. The van der Waals surface area contributed by atoms with Crippen LogP contribution in [0.5, 0.6) is 0 Å². The maximum absolute atomic E-state index is 13.8. The maximum Gasteiger partial charge on any atom is 0.244 e. The average Bonchev–Trinajstić information content (AvgIpc) is 2.86. The van der Waals surface area contributed by atoms with Crippen molar-refractivity contribution in [2.24, 2.45) is 0 Å². The molecule has 1 N–H and O–H groups in total. The Morgan fingerprint density at radius 2 is 1.57 bits per heavy atom. The van der Waals surface area contributed by atoms with Crippen molar-refractivity contribution < 1.29 is 22.4 Å². The molecule has 37 heavy (non-hydrogen) atoms. The van der Waals surface area contributed by atoms with Gasteiger partial charge in [-0.3, -0.25) is 13.9 Å². The minimum absolute atomic E-state index is 0.0473. The third kappa shape index (κ3) is 8.03. The summed E-state index contributed by atoms with van der Waals surface area (Å²) in [6.07, 6.45) is 1.19. The average molecular weight is 546 g/mol. The first-order valence-corrected chi connectivity index (χ1v) is 13.9. The number of nitrogens with one attached hydrogen (secondary N) is 1. The van der Waals surface area contributed by atoms with E-state index in [4.69, 9.17) is 11.6 Å². The molecule has 0 aliphatic heterocycles. The Kier molecular flexibility index (Phi) is 9.66. The SMILES string of the molecule is CCNC(=O)C(Cc1ccccc1)N(Cc1ccc(Cl)cc1)C(=O)CN(c1ccc(F)cc1)S(C)(=O)=O. The van der Waals surface area contributed by atoms with Gasteiger partial charge in [0.25, 0.3) is 0 Å². The minimum Gasteiger partial charge on any atom is -0.355 e. The molecule has 0 aliphatic rings. The quantitative estimate of drug-likeness (QED) is 0.394. The predicted molar refractivity (Wildman–Crippen MR) is 143 cm³/mol. The second kappa shape index (κ2) is 12.7. The number of rotatable bonds is 11. The normalized spacial score (nSPS) is 12.0. The van der Waals surface area contributed by atoms with Crippen LogP contribution in [0.15, 0.2) is 78.9 Å². The summed E-state index contributed by atoms with van der Waals surface area (Å²) in [7, 11) is -3.91. The van der Waals surface area contributed by atoms with E-state index in [1.165, 1.54) is 17.0 Å². The van der Waals surface area contributed by atoms with Crippen LogP contribution in [0.2, 0.25) is 5.02 Å². The van der Waals surface area contributed by atoms with Crippen molar-refractivity contribution in [1.29, 1.82) is 0 Å². The molecule has 0 aromatic heterocycles. The molecule has 7 nitrogen and oxygen atoms in total. The monoisotopic (exact) mass is 545 g/mol. The van der Waals surface area contributed by atoms with Gasteiger partial charge < -0.3 is 10.2 Å². The molecule has 3 aromatic carbocycles. The Balaban J connectivity index is 2.02. The van der Waals surface area contributed by atoms with Gasteiger partial charge in [-0.1, -0.05) is 54.1 Å². The van der Waals surface area contributed by atoms with Crippen molar-refractivity contribution >= 4 is 39.1 Å². The number of benzene rings is 3. The van der Waals surface area contributed by atoms with Crippen LogP contribution in [0.4, 0.5) is 10.1 Å². The zero-order valence-corrected chi connectivity index (χ0v) is 22.2. The molecule has 0 bridgehead atoms. The number of anilines is 1. The Hall–Kier alpha value is -3.43. The van der Waals surface area contributed by atoms with E-state index >= 15 is 0 Å². The highest BCUT2D eigenvalue weighted by Crippen LogP contribution is 2.21. The van der Waals surface area contributed by atoms with Gasteiger partial charge in [0.2, 0.25) is 21.8 Å². The van der Waals surface area contributed by atoms with E-state index in [-0.39, 0.29) is 24.6 Å². The summed E-state index contributed by atoms with van der Waals surface area (Å²) in [5.41, 5.74) is 1.69. The lowest BCUT2D eigenvalue weighted by atomic mass is 10.0. The molecule has 0 fully saturated rings. The number of carbonyl (C=O) groups excluding carboxylic acids is 2. The van der Waals surface area contributed by atoms with Crippen molar-refractivity contribution in [2.75, 3.05) is 23.7 Å². The lowest BCUT2D eigenvalue weighted by Gasteiger charge is -2.33. The molecule has 0 saturated heterocycles. The molecule has 0 aliphatic carbocycles. The lowest BCUT2D eigenvalue weighted by Crippen LogP contribution is -2.53. The lowest BCUT2D eigenvalue weighted by molar-refractivity contribution is -0.140. The van der Waals surface area contributed by atoms with Crippen LogP contribution < -0.4 is 9.62 Å². The van der Waals surface area contributed by atoms with Crippen LogP contribution in [0.25, 0.3) is 0 Å². The fraction of sp³-hybridized carbons (Fsp3) is 0.259. The minimum atomic E-state index is -3.91. The van der Waals surface area contributed by atoms with Gasteiger partial charge >= 0.3 is 0 Å². The molecule has 3 aromatic rings. The van der Waals surface area contributed by atoms with Crippen LogP contribution in [0, 0.1) is 5.82 Å². The zero-order valence-electron chi connectivity index (χ0n) is 20.6. The van der Waals surface area contributed by atoms with Crippen molar-refractivity contribution in [3.05, 3.63) is 101 Å². The van der Waals surface area contributed by atoms with Crippen LogP contribution in [-0.2, 0) is 32.6 Å². The summed E-state index contributed by atoms with van der Waals surface area (Å²) >= 11 is 6.03. The van der Waals surface area contributed by atoms with Gasteiger partial charge in [-0.2, -0.15) is 0 Å². The molecule has 0 spiro atoms. The van der Waals surface area contributed by atoms with E-state index in [1.807, 2.05) is 30.3 Å². The molecule has 1 unspecified atom stereocenters. The molecule has 1 atom stereocenters. The molecule has 196 valence electrons. The third-order valence-corrected chi connectivity index (χ3v) is 7.07. The summed E-state index contributed by atoms with van der Waals surface area (Å²) in [6, 6.07) is 20.0. The van der Waals surface area contributed by atoms with Gasteiger partial charge in [-0.05, 0) is 54.4 Å². The first kappa shape index (κ1) is 28.1. The van der Waals surface area contributed by atoms with Crippen molar-refractivity contribution in [3.63, 3.8) is 0 Å². The predicted octanol–water partition coefficient (Wildman–Crippen LogP) is 4.02. The molecule has 3 rings (SSSR count). The summed E-state index contributed by atoms with van der Waals surface area (Å²) < 4.78 is 39.7. The standard InChI is InChI=1S/C27H29ClFN3O4S/c1-3-30-27(34)25(17-20-7-5-4-6-8-20)31(18-21-9-11-22(28)12-10-21)26(33)19-32(37(2,35)36)24-15-13-23(29)14-16-24/h4-16,25H,3,17-19H2,1-2H3,(H,30,34). The van der Waals surface area contributed by atoms with Gasteiger partial charge in [0.1, 0.15) is 18.4 Å². The van der Waals surface area contributed by atoms with Gasteiger partial charge in [-0.25, -0.2) is 12.8 Å². The molecular weight excluding hydrogens is 517 g/mol. The second-order valence-corrected chi connectivity index (χ2v) is 10.8. The van der Waals surface area contributed by atoms with Gasteiger partial charge in [0.15, 0.2) is 0 Å². The molecule has 0 heterocycles. The Morgan fingerprint density at radius 3 is 2.14 bits per heavy atom. The fourth-order valence-electron chi connectivity index (χ4n) is 3.85. The highest BCUT2D eigenvalue weighted by molar-refractivity contribution is 7.92. The van der Waals surface area contributed by atoms with E-state index in [0.29, 0.717) is 17.1 Å². The van der Waals surface area contributed by atoms with Crippen LogP contribution in [-0.4, -0.2) is 50.5 Å². The summed E-state index contributed by atoms with van der Waals surface area (Å²) in [6.45, 7) is 1.62. The Morgan fingerprint density at radius 1 is 0.946 bits per heavy atom. The van der Waals surface area contributed by atoms with E-state index in [1.54, 1.807) is 31.2 Å². The maximum atomic E-state index is 13.8. The molecular formula is C27H29ClFN3O4S. The number of hydrogen-bond acceptors (Lipinski definition) is 4. The van der Waals surface area contributed by atoms with Gasteiger partial charge in [0, 0.05) is 24.5 Å². The smallest absolute Gasteiger partial charge is 0.244 e. The number of sulfonamides is 1. The Labute approximate surface area is 221 Å². The van der Waals surface area contributed by atoms with E-state index in [9.17, 15) is 22.4 Å². The number of amides is 2. The highest BCUT2D eigenvalue weighted by Gasteiger charge is 2.32. The van der Waals surface area contributed by atoms with Crippen molar-refractivity contribution in [3.8, 4) is 0 Å².